The topological polar surface area (TPSA) is 125 Å². The van der Waals surface area contributed by atoms with Crippen LogP contribution in [0.1, 0.15) is 81.8 Å². The third-order valence-corrected chi connectivity index (χ3v) is 11.5. The standard InChI is InChI=1S/C44H52N8O3/c1-4-40-38(41(49-34-14-16-55-17-15-34)39-25-48-52(5-2)42(39)50-40)24-47-44(54)33-11-7-10-32(20-33)43(53)46-22-29-13-12-28(3)37(19-29)31-9-6-8-30(18-31)26-51-27-35-21-36(51)23-45-35/h6-13,18-20,25,34-36,45H,4-5,14-17,21-24,26-27H2,1-3H3,(H,46,53)(H,47,54)(H,49,50)/t35-,36+/m0/s1. The van der Waals surface area contributed by atoms with E-state index in [4.69, 9.17) is 9.72 Å². The lowest BCUT2D eigenvalue weighted by Gasteiger charge is -2.27. The van der Waals surface area contributed by atoms with Crippen molar-refractivity contribution in [1.82, 2.24) is 35.6 Å². The first-order chi connectivity index (χ1) is 26.9. The lowest BCUT2D eigenvalue weighted by molar-refractivity contribution is 0.0904. The van der Waals surface area contributed by atoms with E-state index in [-0.39, 0.29) is 17.9 Å². The quantitative estimate of drug-likeness (QED) is 0.116. The van der Waals surface area contributed by atoms with Crippen molar-refractivity contribution in [3.05, 3.63) is 112 Å². The normalized spacial score (nSPS) is 18.5. The lowest BCUT2D eigenvalue weighted by atomic mass is 9.96. The van der Waals surface area contributed by atoms with Gasteiger partial charge < -0.3 is 26.0 Å². The number of nitrogens with one attached hydrogen (secondary N) is 4. The number of nitrogens with zero attached hydrogens (tertiary/aromatic N) is 4. The molecule has 3 fully saturated rings. The van der Waals surface area contributed by atoms with Gasteiger partial charge in [0.05, 0.1) is 17.3 Å². The number of hydrogen-bond acceptors (Lipinski definition) is 8. The molecular formula is C44H52N8O3. The van der Waals surface area contributed by atoms with E-state index in [9.17, 15) is 9.59 Å². The molecule has 3 saturated heterocycles. The Kier molecular flexibility index (Phi) is 10.9. The van der Waals surface area contributed by atoms with Crippen LogP contribution in [0, 0.1) is 6.92 Å². The minimum atomic E-state index is -0.252. The first-order valence-corrected chi connectivity index (χ1v) is 19.9. The van der Waals surface area contributed by atoms with Gasteiger partial charge in [-0.25, -0.2) is 9.67 Å². The van der Waals surface area contributed by atoms with Crippen molar-refractivity contribution in [2.45, 2.75) is 90.8 Å². The second-order valence-electron chi connectivity index (χ2n) is 15.2. The van der Waals surface area contributed by atoms with Gasteiger partial charge >= 0.3 is 0 Å². The minimum absolute atomic E-state index is 0.230. The largest absolute Gasteiger partial charge is 0.381 e. The predicted octanol–water partition coefficient (Wildman–Crippen LogP) is 5.99. The van der Waals surface area contributed by atoms with Gasteiger partial charge in [0.25, 0.3) is 11.8 Å². The van der Waals surface area contributed by atoms with Crippen molar-refractivity contribution in [2.75, 3.05) is 31.6 Å². The first kappa shape index (κ1) is 36.9. The molecular weight excluding hydrogens is 689 g/mol. The zero-order valence-corrected chi connectivity index (χ0v) is 32.2. The third kappa shape index (κ3) is 8.01. The average Bonchev–Trinajstić information content (AvgIpc) is 3.97. The summed E-state index contributed by atoms with van der Waals surface area (Å²) >= 11 is 0. The molecule has 11 heteroatoms. The second-order valence-corrected chi connectivity index (χ2v) is 15.2. The number of anilines is 1. The number of benzene rings is 3. The number of amides is 2. The Hall–Kier alpha value is -5.10. The number of hydrogen-bond donors (Lipinski definition) is 4. The molecule has 11 nitrogen and oxygen atoms in total. The summed E-state index contributed by atoms with van der Waals surface area (Å²) in [6.45, 7) is 12.3. The molecule has 0 aliphatic carbocycles. The Morgan fingerprint density at radius 3 is 2.44 bits per heavy atom. The monoisotopic (exact) mass is 740 g/mol. The summed E-state index contributed by atoms with van der Waals surface area (Å²) in [4.78, 5) is 34.7. The first-order valence-electron chi connectivity index (χ1n) is 19.9. The van der Waals surface area contributed by atoms with Gasteiger partial charge in [-0.1, -0.05) is 43.3 Å². The van der Waals surface area contributed by atoms with Crippen molar-refractivity contribution in [1.29, 1.82) is 0 Å². The Morgan fingerprint density at radius 2 is 1.71 bits per heavy atom. The van der Waals surface area contributed by atoms with Crippen molar-refractivity contribution >= 4 is 28.5 Å². The van der Waals surface area contributed by atoms with Crippen LogP contribution in [0.2, 0.25) is 0 Å². The number of aromatic nitrogens is 3. The molecule has 2 aromatic heterocycles. The highest BCUT2D eigenvalue weighted by molar-refractivity contribution is 6.00. The summed E-state index contributed by atoms with van der Waals surface area (Å²) in [6, 6.07) is 23.7. The molecule has 3 aliphatic heterocycles. The molecule has 5 aromatic rings. The smallest absolute Gasteiger partial charge is 0.251 e. The van der Waals surface area contributed by atoms with E-state index in [0.29, 0.717) is 42.7 Å². The highest BCUT2D eigenvalue weighted by Crippen LogP contribution is 2.32. The van der Waals surface area contributed by atoms with Crippen LogP contribution in [0.3, 0.4) is 0 Å². The fourth-order valence-electron chi connectivity index (χ4n) is 8.46. The summed E-state index contributed by atoms with van der Waals surface area (Å²) in [5, 5.41) is 19.1. The van der Waals surface area contributed by atoms with Crippen molar-refractivity contribution in [3.63, 3.8) is 0 Å². The van der Waals surface area contributed by atoms with E-state index in [1.165, 1.54) is 28.7 Å². The Balaban J connectivity index is 0.932. The van der Waals surface area contributed by atoms with Gasteiger partial charge in [0.15, 0.2) is 5.65 Å². The fourth-order valence-corrected chi connectivity index (χ4v) is 8.46. The van der Waals surface area contributed by atoms with Gasteiger partial charge in [0.1, 0.15) is 0 Å². The number of ether oxygens (including phenoxy) is 1. The SMILES string of the molecule is CCc1nc2c(cnn2CC)c(NC2CCOCC2)c1CNC(=O)c1cccc(C(=O)NCc2ccc(C)c(-c3cccc(CN4C[C@@H]5C[C@@H]4CN5)c3)c2)c1. The molecule has 2 atom stereocenters. The van der Waals surface area contributed by atoms with Crippen LogP contribution in [0.15, 0.2) is 72.9 Å². The van der Waals surface area contributed by atoms with Gasteiger partial charge in [-0.3, -0.25) is 14.5 Å². The molecule has 0 spiro atoms. The third-order valence-electron chi connectivity index (χ3n) is 11.5. The number of fused-ring (bicyclic) bond motifs is 3. The molecule has 2 amide bonds. The average molecular weight is 741 g/mol. The molecule has 5 heterocycles. The number of likely N-dealkylation sites (tertiary alicyclic amines) is 1. The van der Waals surface area contributed by atoms with Crippen LogP contribution in [-0.2, 0) is 37.3 Å². The van der Waals surface area contributed by atoms with E-state index in [2.05, 4.69) is 94.5 Å². The highest BCUT2D eigenvalue weighted by Gasteiger charge is 2.37. The molecule has 4 N–H and O–H groups in total. The van der Waals surface area contributed by atoms with Gasteiger partial charge in [-0.05, 0) is 97.7 Å². The Morgan fingerprint density at radius 1 is 0.927 bits per heavy atom. The summed E-state index contributed by atoms with van der Waals surface area (Å²) < 4.78 is 7.52. The van der Waals surface area contributed by atoms with E-state index in [0.717, 1.165) is 85.8 Å². The number of piperazine rings is 1. The number of aryl methyl sites for hydroxylation is 3. The number of carbonyl (C=O) groups excluding carboxylic acids is 2. The number of pyridine rings is 1. The molecule has 3 aliphatic rings. The highest BCUT2D eigenvalue weighted by atomic mass is 16.5. The predicted molar refractivity (Wildman–Crippen MR) is 216 cm³/mol. The minimum Gasteiger partial charge on any atom is -0.381 e. The molecule has 8 rings (SSSR count). The molecule has 0 radical (unpaired) electrons. The van der Waals surface area contributed by atoms with Gasteiger partial charge in [-0.2, -0.15) is 5.10 Å². The zero-order valence-electron chi connectivity index (χ0n) is 32.2. The maximum atomic E-state index is 13.6. The number of rotatable bonds is 13. The van der Waals surface area contributed by atoms with Crippen LogP contribution in [0.4, 0.5) is 5.69 Å². The second kappa shape index (κ2) is 16.3. The van der Waals surface area contributed by atoms with Crippen LogP contribution >= 0.6 is 0 Å². The van der Waals surface area contributed by atoms with Crippen LogP contribution in [0.5, 0.6) is 0 Å². The Labute approximate surface area is 323 Å². The van der Waals surface area contributed by atoms with Crippen molar-refractivity contribution in [2.24, 2.45) is 0 Å². The van der Waals surface area contributed by atoms with Crippen molar-refractivity contribution < 1.29 is 14.3 Å². The lowest BCUT2D eigenvalue weighted by Crippen LogP contribution is -2.42. The van der Waals surface area contributed by atoms with E-state index < -0.39 is 0 Å². The number of carbonyl (C=O) groups is 2. The van der Waals surface area contributed by atoms with E-state index in [1.807, 2.05) is 10.9 Å². The summed E-state index contributed by atoms with van der Waals surface area (Å²) in [5.41, 5.74) is 10.4. The summed E-state index contributed by atoms with van der Waals surface area (Å²) in [6.07, 6.45) is 5.64. The summed E-state index contributed by atoms with van der Waals surface area (Å²) in [5.74, 6) is -0.482. The van der Waals surface area contributed by atoms with Crippen molar-refractivity contribution in [3.8, 4) is 11.1 Å². The van der Waals surface area contributed by atoms with Crippen LogP contribution in [0.25, 0.3) is 22.2 Å². The molecule has 55 heavy (non-hydrogen) atoms. The molecule has 0 unspecified atom stereocenters. The van der Waals surface area contributed by atoms with Gasteiger partial charge in [0, 0.05) is 93.0 Å². The Bertz CT molecular complexity index is 2190. The van der Waals surface area contributed by atoms with E-state index >= 15 is 0 Å². The maximum Gasteiger partial charge on any atom is 0.251 e. The molecule has 286 valence electrons. The van der Waals surface area contributed by atoms with Gasteiger partial charge in [0.2, 0.25) is 0 Å². The van der Waals surface area contributed by atoms with Gasteiger partial charge in [-0.15, -0.1) is 0 Å². The maximum absolute atomic E-state index is 13.6. The van der Waals surface area contributed by atoms with Crippen LogP contribution in [-0.4, -0.2) is 75.9 Å². The zero-order chi connectivity index (χ0) is 37.9. The molecule has 3 aromatic carbocycles. The fraction of sp³-hybridized carbons (Fsp3) is 0.409. The molecule has 2 bridgehead atoms. The van der Waals surface area contributed by atoms with Crippen LogP contribution < -0.4 is 21.3 Å². The van der Waals surface area contributed by atoms with E-state index in [1.54, 1.807) is 24.3 Å². The molecule has 0 saturated carbocycles. The summed E-state index contributed by atoms with van der Waals surface area (Å²) in [7, 11) is 0.